The van der Waals surface area contributed by atoms with Gasteiger partial charge in [0.2, 0.25) is 0 Å². The van der Waals surface area contributed by atoms with E-state index in [0.29, 0.717) is 17.4 Å². The van der Waals surface area contributed by atoms with Crippen LogP contribution in [0.1, 0.15) is 27.7 Å². The van der Waals surface area contributed by atoms with Crippen LogP contribution in [0.4, 0.5) is 0 Å². The number of nitrogens with zero attached hydrogens (tertiary/aromatic N) is 2. The molecule has 0 aliphatic carbocycles. The van der Waals surface area contributed by atoms with Crippen molar-refractivity contribution in [3.63, 3.8) is 0 Å². The van der Waals surface area contributed by atoms with Crippen molar-refractivity contribution >= 4 is 0 Å². The lowest BCUT2D eigenvalue weighted by atomic mass is 9.78. The van der Waals surface area contributed by atoms with Crippen molar-refractivity contribution < 1.29 is 0 Å². The summed E-state index contributed by atoms with van der Waals surface area (Å²) in [6, 6.07) is 0.636. The minimum atomic E-state index is 0.344. The molecule has 0 amide bonds. The standard InChI is InChI=1S/C14H31N3/c1-12(11-17-9-7-15-8-10-17)13(16(5)6)14(2,3)4/h12-13,15H,7-11H2,1-6H3. The third-order valence-electron chi connectivity index (χ3n) is 3.74. The van der Waals surface area contributed by atoms with E-state index >= 15 is 0 Å². The average molecular weight is 241 g/mol. The van der Waals surface area contributed by atoms with Gasteiger partial charge in [0.1, 0.15) is 0 Å². The van der Waals surface area contributed by atoms with Gasteiger partial charge in [0.15, 0.2) is 0 Å². The third kappa shape index (κ3) is 4.57. The molecule has 1 N–H and O–H groups in total. The van der Waals surface area contributed by atoms with Crippen LogP contribution < -0.4 is 5.32 Å². The van der Waals surface area contributed by atoms with Crippen LogP contribution in [-0.2, 0) is 0 Å². The predicted molar refractivity (Wildman–Crippen MR) is 75.4 cm³/mol. The molecule has 1 rings (SSSR count). The van der Waals surface area contributed by atoms with E-state index in [0.717, 1.165) is 13.1 Å². The quantitative estimate of drug-likeness (QED) is 0.805. The molecule has 2 atom stereocenters. The van der Waals surface area contributed by atoms with Gasteiger partial charge in [-0.05, 0) is 25.4 Å². The second kappa shape index (κ2) is 6.17. The second-order valence-corrected chi connectivity index (χ2v) is 6.80. The van der Waals surface area contributed by atoms with E-state index in [-0.39, 0.29) is 0 Å². The summed E-state index contributed by atoms with van der Waals surface area (Å²) in [7, 11) is 4.42. The Labute approximate surface area is 108 Å². The van der Waals surface area contributed by atoms with Crippen molar-refractivity contribution in [3.05, 3.63) is 0 Å². The molecular formula is C14H31N3. The summed E-state index contributed by atoms with van der Waals surface area (Å²) >= 11 is 0. The minimum Gasteiger partial charge on any atom is -0.314 e. The Morgan fingerprint density at radius 2 is 1.71 bits per heavy atom. The van der Waals surface area contributed by atoms with Gasteiger partial charge in [0.25, 0.3) is 0 Å². The van der Waals surface area contributed by atoms with Gasteiger partial charge in [-0.3, -0.25) is 0 Å². The van der Waals surface area contributed by atoms with Crippen LogP contribution in [0.15, 0.2) is 0 Å². The highest BCUT2D eigenvalue weighted by molar-refractivity contribution is 4.86. The highest BCUT2D eigenvalue weighted by Crippen LogP contribution is 2.29. The number of piperazine rings is 1. The van der Waals surface area contributed by atoms with Crippen LogP contribution >= 0.6 is 0 Å². The third-order valence-corrected chi connectivity index (χ3v) is 3.74. The first-order valence-corrected chi connectivity index (χ1v) is 6.92. The van der Waals surface area contributed by atoms with Gasteiger partial charge in [-0.15, -0.1) is 0 Å². The SMILES string of the molecule is CC(CN1CCNCC1)C(N(C)C)C(C)(C)C. The van der Waals surface area contributed by atoms with Crippen molar-refractivity contribution in [1.29, 1.82) is 0 Å². The molecule has 0 aromatic rings. The van der Waals surface area contributed by atoms with Crippen LogP contribution in [0.2, 0.25) is 0 Å². The highest BCUT2D eigenvalue weighted by atomic mass is 15.2. The lowest BCUT2D eigenvalue weighted by molar-refractivity contribution is 0.0735. The highest BCUT2D eigenvalue weighted by Gasteiger charge is 2.32. The summed E-state index contributed by atoms with van der Waals surface area (Å²) in [5.41, 5.74) is 0.344. The summed E-state index contributed by atoms with van der Waals surface area (Å²) in [5.74, 6) is 0.711. The maximum Gasteiger partial charge on any atom is 0.0175 e. The minimum absolute atomic E-state index is 0.344. The number of hydrogen-bond donors (Lipinski definition) is 1. The molecule has 1 heterocycles. The monoisotopic (exact) mass is 241 g/mol. The van der Waals surface area contributed by atoms with Crippen LogP contribution in [0.5, 0.6) is 0 Å². The van der Waals surface area contributed by atoms with Gasteiger partial charge < -0.3 is 15.1 Å². The Morgan fingerprint density at radius 3 is 2.12 bits per heavy atom. The molecule has 2 unspecified atom stereocenters. The van der Waals surface area contributed by atoms with Crippen LogP contribution in [0, 0.1) is 11.3 Å². The normalized spacial score (nSPS) is 22.8. The van der Waals surface area contributed by atoms with E-state index in [4.69, 9.17) is 0 Å². The molecule has 0 radical (unpaired) electrons. The van der Waals surface area contributed by atoms with Crippen molar-refractivity contribution in [2.45, 2.75) is 33.7 Å². The summed E-state index contributed by atoms with van der Waals surface area (Å²) in [6.45, 7) is 15.4. The summed E-state index contributed by atoms with van der Waals surface area (Å²) < 4.78 is 0. The predicted octanol–water partition coefficient (Wildman–Crippen LogP) is 1.50. The van der Waals surface area contributed by atoms with Crippen molar-refractivity contribution in [3.8, 4) is 0 Å². The summed E-state index contributed by atoms with van der Waals surface area (Å²) in [4.78, 5) is 5.00. The van der Waals surface area contributed by atoms with E-state index < -0.39 is 0 Å². The first kappa shape index (κ1) is 14.9. The molecule has 0 aromatic carbocycles. The zero-order valence-corrected chi connectivity index (χ0v) is 12.6. The van der Waals surface area contributed by atoms with Crippen LogP contribution in [0.3, 0.4) is 0 Å². The number of rotatable bonds is 4. The lowest BCUT2D eigenvalue weighted by Crippen LogP contribution is -2.51. The van der Waals surface area contributed by atoms with Gasteiger partial charge in [-0.2, -0.15) is 0 Å². The zero-order valence-electron chi connectivity index (χ0n) is 12.6. The Morgan fingerprint density at radius 1 is 1.18 bits per heavy atom. The fourth-order valence-corrected chi connectivity index (χ4v) is 3.54. The molecule has 1 fully saturated rings. The van der Waals surface area contributed by atoms with E-state index in [1.54, 1.807) is 0 Å². The fourth-order valence-electron chi connectivity index (χ4n) is 3.54. The maximum absolute atomic E-state index is 3.42. The molecular weight excluding hydrogens is 210 g/mol. The largest absolute Gasteiger partial charge is 0.314 e. The molecule has 102 valence electrons. The molecule has 0 bridgehead atoms. The van der Waals surface area contributed by atoms with Crippen LogP contribution in [0.25, 0.3) is 0 Å². The Bertz CT molecular complexity index is 214. The molecule has 1 aliphatic rings. The summed E-state index contributed by atoms with van der Waals surface area (Å²) in [5, 5.41) is 3.42. The van der Waals surface area contributed by atoms with E-state index in [2.05, 4.69) is 56.9 Å². The van der Waals surface area contributed by atoms with E-state index in [9.17, 15) is 0 Å². The van der Waals surface area contributed by atoms with E-state index in [1.807, 2.05) is 0 Å². The smallest absolute Gasteiger partial charge is 0.0175 e. The molecule has 1 aliphatic heterocycles. The van der Waals surface area contributed by atoms with E-state index in [1.165, 1.54) is 19.6 Å². The van der Waals surface area contributed by atoms with Gasteiger partial charge in [0.05, 0.1) is 0 Å². The first-order chi connectivity index (χ1) is 7.82. The maximum atomic E-state index is 3.42. The molecule has 0 aromatic heterocycles. The molecule has 0 spiro atoms. The second-order valence-electron chi connectivity index (χ2n) is 6.80. The molecule has 1 saturated heterocycles. The lowest BCUT2D eigenvalue weighted by Gasteiger charge is -2.42. The van der Waals surface area contributed by atoms with Gasteiger partial charge >= 0.3 is 0 Å². The van der Waals surface area contributed by atoms with Crippen molar-refractivity contribution in [1.82, 2.24) is 15.1 Å². The molecule has 3 nitrogen and oxygen atoms in total. The van der Waals surface area contributed by atoms with Gasteiger partial charge in [-0.25, -0.2) is 0 Å². The molecule has 0 saturated carbocycles. The average Bonchev–Trinajstić information content (AvgIpc) is 2.15. The summed E-state index contributed by atoms with van der Waals surface area (Å²) in [6.07, 6.45) is 0. The zero-order chi connectivity index (χ0) is 13.1. The van der Waals surface area contributed by atoms with Crippen LogP contribution in [-0.4, -0.2) is 62.7 Å². The van der Waals surface area contributed by atoms with Crippen molar-refractivity contribution in [2.75, 3.05) is 46.8 Å². The van der Waals surface area contributed by atoms with Gasteiger partial charge in [-0.1, -0.05) is 27.7 Å². The Kier molecular flexibility index (Phi) is 5.42. The Balaban J connectivity index is 2.55. The van der Waals surface area contributed by atoms with Crippen molar-refractivity contribution in [2.24, 2.45) is 11.3 Å². The molecule has 3 heteroatoms. The first-order valence-electron chi connectivity index (χ1n) is 6.92. The molecule has 17 heavy (non-hydrogen) atoms. The number of hydrogen-bond acceptors (Lipinski definition) is 3. The fraction of sp³-hybridized carbons (Fsp3) is 1.00. The Hall–Kier alpha value is -0.120. The van der Waals surface area contributed by atoms with Gasteiger partial charge in [0, 0.05) is 38.8 Å². The number of nitrogens with one attached hydrogen (secondary N) is 1. The topological polar surface area (TPSA) is 18.5 Å².